The van der Waals surface area contributed by atoms with Gasteiger partial charge in [-0.2, -0.15) is 0 Å². The lowest BCUT2D eigenvalue weighted by molar-refractivity contribution is -0.135. The van der Waals surface area contributed by atoms with E-state index < -0.39 is 0 Å². The number of hydrogen-bond acceptors (Lipinski definition) is 4. The lowest BCUT2D eigenvalue weighted by Gasteiger charge is -2.40. The first-order chi connectivity index (χ1) is 9.08. The molecule has 1 aromatic rings. The van der Waals surface area contributed by atoms with Crippen molar-refractivity contribution in [3.8, 4) is 0 Å². The molecule has 1 fully saturated rings. The van der Waals surface area contributed by atoms with Crippen molar-refractivity contribution in [1.82, 2.24) is 14.9 Å². The Kier molecular flexibility index (Phi) is 4.35. The van der Waals surface area contributed by atoms with Crippen LogP contribution in [0.4, 0.5) is 5.82 Å². The van der Waals surface area contributed by atoms with Crippen molar-refractivity contribution in [3.63, 3.8) is 0 Å². The maximum Gasteiger partial charge on any atom is 0.222 e. The Labute approximate surface area is 114 Å². The smallest absolute Gasteiger partial charge is 0.222 e. The molecule has 1 aliphatic rings. The first kappa shape index (κ1) is 13.8. The van der Waals surface area contributed by atoms with Crippen LogP contribution in [0.3, 0.4) is 0 Å². The second-order valence-corrected chi connectivity index (χ2v) is 5.49. The largest absolute Gasteiger partial charge is 0.364 e. The number of rotatable bonds is 5. The summed E-state index contributed by atoms with van der Waals surface area (Å²) >= 11 is 0. The van der Waals surface area contributed by atoms with Gasteiger partial charge in [0, 0.05) is 31.3 Å². The molecule has 0 bridgehead atoms. The summed E-state index contributed by atoms with van der Waals surface area (Å²) in [7, 11) is 0. The van der Waals surface area contributed by atoms with E-state index in [0.717, 1.165) is 31.0 Å². The van der Waals surface area contributed by atoms with Crippen molar-refractivity contribution in [3.05, 3.63) is 18.1 Å². The number of aromatic nitrogens is 2. The van der Waals surface area contributed by atoms with Crippen LogP contribution in [0.5, 0.6) is 0 Å². The molecular weight excluding hydrogens is 240 g/mol. The van der Waals surface area contributed by atoms with Gasteiger partial charge in [0.05, 0.1) is 6.04 Å². The average Bonchev–Trinajstić information content (AvgIpc) is 2.32. The van der Waals surface area contributed by atoms with Crippen LogP contribution in [0.1, 0.15) is 32.9 Å². The number of carbonyl (C=O) groups excluding carboxylic acids is 1. The molecule has 19 heavy (non-hydrogen) atoms. The Bertz CT molecular complexity index is 441. The van der Waals surface area contributed by atoms with E-state index in [1.807, 2.05) is 11.0 Å². The molecule has 2 heterocycles. The van der Waals surface area contributed by atoms with Crippen molar-refractivity contribution in [2.45, 2.75) is 39.7 Å². The van der Waals surface area contributed by atoms with Crippen LogP contribution in [0.2, 0.25) is 0 Å². The van der Waals surface area contributed by atoms with E-state index in [9.17, 15) is 4.79 Å². The van der Waals surface area contributed by atoms with E-state index in [-0.39, 0.29) is 5.91 Å². The normalized spacial score (nSPS) is 15.5. The summed E-state index contributed by atoms with van der Waals surface area (Å²) in [5.74, 6) is 1.53. The van der Waals surface area contributed by atoms with Gasteiger partial charge in [-0.05, 0) is 12.3 Å². The predicted molar refractivity (Wildman–Crippen MR) is 74.9 cm³/mol. The molecule has 2 rings (SSSR count). The van der Waals surface area contributed by atoms with E-state index in [2.05, 4.69) is 36.1 Å². The van der Waals surface area contributed by atoms with Gasteiger partial charge in [-0.3, -0.25) is 4.79 Å². The van der Waals surface area contributed by atoms with Gasteiger partial charge in [0.2, 0.25) is 5.91 Å². The number of aryl methyl sites for hydroxylation is 1. The van der Waals surface area contributed by atoms with Gasteiger partial charge in [-0.1, -0.05) is 20.8 Å². The second kappa shape index (κ2) is 5.99. The fraction of sp³-hybridized carbons (Fsp3) is 0.643. The Balaban J connectivity index is 1.79. The van der Waals surface area contributed by atoms with E-state index in [1.54, 1.807) is 6.33 Å². The Morgan fingerprint density at radius 3 is 2.84 bits per heavy atom. The van der Waals surface area contributed by atoms with Gasteiger partial charge >= 0.3 is 0 Å². The van der Waals surface area contributed by atoms with Crippen molar-refractivity contribution < 1.29 is 4.79 Å². The third kappa shape index (κ3) is 3.66. The maximum atomic E-state index is 11.8. The molecule has 0 aliphatic carbocycles. The Morgan fingerprint density at radius 2 is 2.21 bits per heavy atom. The van der Waals surface area contributed by atoms with E-state index in [0.29, 0.717) is 18.4 Å². The van der Waals surface area contributed by atoms with Crippen LogP contribution in [0, 0.1) is 5.92 Å². The van der Waals surface area contributed by atoms with E-state index >= 15 is 0 Å². The lowest BCUT2D eigenvalue weighted by Crippen LogP contribution is -2.57. The number of hydrogen-bond donors (Lipinski definition) is 1. The molecule has 5 heteroatoms. The fourth-order valence-corrected chi connectivity index (χ4v) is 2.13. The Hall–Kier alpha value is -1.65. The highest BCUT2D eigenvalue weighted by molar-refractivity contribution is 5.77. The molecule has 0 saturated carbocycles. The number of anilines is 1. The zero-order valence-electron chi connectivity index (χ0n) is 11.9. The summed E-state index contributed by atoms with van der Waals surface area (Å²) in [6.07, 6.45) is 3.13. The minimum absolute atomic E-state index is 0.255. The first-order valence-corrected chi connectivity index (χ1v) is 6.93. The molecule has 1 aliphatic heterocycles. The molecule has 0 atom stereocenters. The minimum atomic E-state index is 0.255. The van der Waals surface area contributed by atoms with Crippen LogP contribution in [0.15, 0.2) is 12.4 Å². The topological polar surface area (TPSA) is 58.1 Å². The SMILES string of the molecule is CCc1cc(NC2CN(C(=O)CC(C)C)C2)ncn1. The second-order valence-electron chi connectivity index (χ2n) is 5.49. The lowest BCUT2D eigenvalue weighted by atomic mass is 10.0. The summed E-state index contributed by atoms with van der Waals surface area (Å²) in [6, 6.07) is 2.29. The van der Waals surface area contributed by atoms with E-state index in [1.165, 1.54) is 0 Å². The molecule has 0 aromatic carbocycles. The highest BCUT2D eigenvalue weighted by Crippen LogP contribution is 2.16. The molecule has 0 unspecified atom stereocenters. The standard InChI is InChI=1S/C14H22N4O/c1-4-11-6-13(16-9-15-11)17-12-7-18(8-12)14(19)5-10(2)3/h6,9-10,12H,4-5,7-8H2,1-3H3,(H,15,16,17). The van der Waals surface area contributed by atoms with Crippen LogP contribution < -0.4 is 5.32 Å². The van der Waals surface area contributed by atoms with Gasteiger partial charge in [0.1, 0.15) is 12.1 Å². The monoisotopic (exact) mass is 262 g/mol. The van der Waals surface area contributed by atoms with Crippen LogP contribution in [-0.4, -0.2) is 39.9 Å². The van der Waals surface area contributed by atoms with Gasteiger partial charge in [-0.25, -0.2) is 9.97 Å². The number of amides is 1. The summed E-state index contributed by atoms with van der Waals surface area (Å²) in [4.78, 5) is 22.1. The molecule has 104 valence electrons. The minimum Gasteiger partial charge on any atom is -0.364 e. The molecule has 1 amide bonds. The number of likely N-dealkylation sites (tertiary alicyclic amines) is 1. The number of nitrogens with zero attached hydrogens (tertiary/aromatic N) is 3. The van der Waals surface area contributed by atoms with E-state index in [4.69, 9.17) is 0 Å². The van der Waals surface area contributed by atoms with Crippen molar-refractivity contribution in [2.24, 2.45) is 5.92 Å². The van der Waals surface area contributed by atoms with Crippen LogP contribution in [-0.2, 0) is 11.2 Å². The molecule has 0 spiro atoms. The number of carbonyl (C=O) groups is 1. The quantitative estimate of drug-likeness (QED) is 0.877. The van der Waals surface area contributed by atoms with Gasteiger partial charge in [0.25, 0.3) is 0 Å². The molecule has 1 saturated heterocycles. The molecule has 1 aromatic heterocycles. The van der Waals surface area contributed by atoms with Crippen molar-refractivity contribution in [2.75, 3.05) is 18.4 Å². The highest BCUT2D eigenvalue weighted by atomic mass is 16.2. The molecule has 5 nitrogen and oxygen atoms in total. The van der Waals surface area contributed by atoms with Crippen LogP contribution in [0.25, 0.3) is 0 Å². The van der Waals surface area contributed by atoms with Crippen molar-refractivity contribution >= 4 is 11.7 Å². The maximum absolute atomic E-state index is 11.8. The highest BCUT2D eigenvalue weighted by Gasteiger charge is 2.30. The third-order valence-electron chi connectivity index (χ3n) is 3.26. The number of nitrogens with one attached hydrogen (secondary N) is 1. The zero-order chi connectivity index (χ0) is 13.8. The summed E-state index contributed by atoms with van der Waals surface area (Å²) in [5, 5.41) is 3.35. The first-order valence-electron chi connectivity index (χ1n) is 6.93. The predicted octanol–water partition coefficient (Wildman–Crippen LogP) is 1.71. The summed E-state index contributed by atoms with van der Waals surface area (Å²) < 4.78 is 0. The molecule has 0 radical (unpaired) electrons. The fourth-order valence-electron chi connectivity index (χ4n) is 2.13. The summed E-state index contributed by atoms with van der Waals surface area (Å²) in [6.45, 7) is 7.76. The third-order valence-corrected chi connectivity index (χ3v) is 3.26. The van der Waals surface area contributed by atoms with Crippen molar-refractivity contribution in [1.29, 1.82) is 0 Å². The molecular formula is C14H22N4O. The van der Waals surface area contributed by atoms with Gasteiger partial charge in [-0.15, -0.1) is 0 Å². The molecule has 1 N–H and O–H groups in total. The van der Waals surface area contributed by atoms with Gasteiger partial charge < -0.3 is 10.2 Å². The summed E-state index contributed by atoms with van der Waals surface area (Å²) in [5.41, 5.74) is 1.03. The van der Waals surface area contributed by atoms with Crippen LogP contribution >= 0.6 is 0 Å². The average molecular weight is 262 g/mol. The zero-order valence-corrected chi connectivity index (χ0v) is 11.9. The Morgan fingerprint density at radius 1 is 1.47 bits per heavy atom. The van der Waals surface area contributed by atoms with Gasteiger partial charge in [0.15, 0.2) is 0 Å².